The molecule has 3 atom stereocenters. The van der Waals surface area contributed by atoms with E-state index in [1.165, 1.54) is 13.5 Å². The molecule has 100 valence electrons. The number of piperidine rings is 1. The molecule has 1 aliphatic heterocycles. The molecule has 3 unspecified atom stereocenters. The molecule has 0 amide bonds. The van der Waals surface area contributed by atoms with Crippen LogP contribution in [0.15, 0.2) is 0 Å². The van der Waals surface area contributed by atoms with Crippen LogP contribution >= 0.6 is 0 Å². The lowest BCUT2D eigenvalue weighted by atomic mass is 9.86. The Morgan fingerprint density at radius 2 is 1.94 bits per heavy atom. The largest absolute Gasteiger partial charge is 0.467 e. The third-order valence-corrected chi connectivity index (χ3v) is 3.66. The van der Waals surface area contributed by atoms with Crippen molar-refractivity contribution in [1.82, 2.24) is 15.0 Å². The molecule has 0 aliphatic carbocycles. The number of ether oxygens (including phenoxy) is 1. The number of nitrogens with two attached hydrogens (primary N) is 1. The van der Waals surface area contributed by atoms with Gasteiger partial charge in [0.25, 0.3) is 0 Å². The van der Waals surface area contributed by atoms with Gasteiger partial charge in [0, 0.05) is 12.6 Å². The van der Waals surface area contributed by atoms with Crippen molar-refractivity contribution in [3.8, 4) is 6.01 Å². The maximum atomic E-state index is 5.69. The van der Waals surface area contributed by atoms with E-state index in [1.807, 2.05) is 0 Å². The second-order valence-corrected chi connectivity index (χ2v) is 5.19. The number of nitrogens with zero attached hydrogens (tertiary/aromatic N) is 4. The van der Waals surface area contributed by atoms with Gasteiger partial charge >= 0.3 is 6.01 Å². The van der Waals surface area contributed by atoms with Gasteiger partial charge in [-0.05, 0) is 25.2 Å². The van der Waals surface area contributed by atoms with Crippen LogP contribution in [0.25, 0.3) is 0 Å². The molecule has 0 saturated carbocycles. The van der Waals surface area contributed by atoms with Crippen LogP contribution in [0.5, 0.6) is 6.01 Å². The average molecular weight is 251 g/mol. The molecule has 18 heavy (non-hydrogen) atoms. The molecule has 0 spiro atoms. The van der Waals surface area contributed by atoms with Crippen LogP contribution < -0.4 is 15.4 Å². The van der Waals surface area contributed by atoms with Crippen LogP contribution in [0.4, 0.5) is 11.9 Å². The van der Waals surface area contributed by atoms with Crippen molar-refractivity contribution in [3.63, 3.8) is 0 Å². The second kappa shape index (κ2) is 4.96. The topological polar surface area (TPSA) is 77.2 Å². The van der Waals surface area contributed by atoms with Crippen molar-refractivity contribution in [2.24, 2.45) is 11.8 Å². The first-order valence-electron chi connectivity index (χ1n) is 6.33. The maximum Gasteiger partial charge on any atom is 0.322 e. The molecule has 0 aromatic carbocycles. The van der Waals surface area contributed by atoms with Gasteiger partial charge in [0.1, 0.15) is 0 Å². The lowest BCUT2D eigenvalue weighted by Crippen LogP contribution is -2.46. The third-order valence-electron chi connectivity index (χ3n) is 3.66. The van der Waals surface area contributed by atoms with Crippen LogP contribution in [-0.4, -0.2) is 34.6 Å². The van der Waals surface area contributed by atoms with Gasteiger partial charge in [0.15, 0.2) is 0 Å². The van der Waals surface area contributed by atoms with E-state index in [0.717, 1.165) is 6.54 Å². The summed E-state index contributed by atoms with van der Waals surface area (Å²) in [7, 11) is 1.53. The molecule has 2 heterocycles. The monoisotopic (exact) mass is 251 g/mol. The predicted octanol–water partition coefficient (Wildman–Crippen LogP) is 1.33. The fourth-order valence-electron chi connectivity index (χ4n) is 2.56. The van der Waals surface area contributed by atoms with Crippen molar-refractivity contribution in [1.29, 1.82) is 0 Å². The summed E-state index contributed by atoms with van der Waals surface area (Å²) in [4.78, 5) is 14.6. The molecule has 1 aromatic rings. The van der Waals surface area contributed by atoms with Gasteiger partial charge in [-0.1, -0.05) is 13.8 Å². The molecule has 6 nitrogen and oxygen atoms in total. The first kappa shape index (κ1) is 12.9. The van der Waals surface area contributed by atoms with E-state index in [9.17, 15) is 0 Å². The zero-order chi connectivity index (χ0) is 13.3. The Kier molecular flexibility index (Phi) is 3.54. The van der Waals surface area contributed by atoms with Crippen molar-refractivity contribution < 1.29 is 4.74 Å². The van der Waals surface area contributed by atoms with E-state index < -0.39 is 0 Å². The standard InChI is InChI=1S/C12H21N5O/c1-7-5-8(2)9(3)17(6-7)11-14-10(13)15-12(16-11)18-4/h7-9H,5-6H2,1-4H3,(H2,13,14,15,16). The minimum Gasteiger partial charge on any atom is -0.467 e. The normalized spacial score (nSPS) is 28.2. The minimum atomic E-state index is 0.204. The van der Waals surface area contributed by atoms with Crippen molar-refractivity contribution >= 4 is 11.9 Å². The maximum absolute atomic E-state index is 5.69. The Labute approximate surface area is 108 Å². The molecule has 1 saturated heterocycles. The number of nitrogen functional groups attached to an aromatic ring is 1. The fourth-order valence-corrected chi connectivity index (χ4v) is 2.56. The number of hydrogen-bond donors (Lipinski definition) is 1. The average Bonchev–Trinajstić information content (AvgIpc) is 2.32. The van der Waals surface area contributed by atoms with E-state index in [1.54, 1.807) is 0 Å². The summed E-state index contributed by atoms with van der Waals surface area (Å²) in [5.74, 6) is 2.05. The van der Waals surface area contributed by atoms with Gasteiger partial charge in [0.05, 0.1) is 7.11 Å². The van der Waals surface area contributed by atoms with Crippen molar-refractivity contribution in [3.05, 3.63) is 0 Å². The van der Waals surface area contributed by atoms with Crippen molar-refractivity contribution in [2.75, 3.05) is 24.3 Å². The van der Waals surface area contributed by atoms with Crippen LogP contribution in [0.1, 0.15) is 27.2 Å². The smallest absolute Gasteiger partial charge is 0.322 e. The molecule has 1 aromatic heterocycles. The Morgan fingerprint density at radius 1 is 1.22 bits per heavy atom. The van der Waals surface area contributed by atoms with Gasteiger partial charge in [-0.25, -0.2) is 0 Å². The van der Waals surface area contributed by atoms with Crippen molar-refractivity contribution in [2.45, 2.75) is 33.2 Å². The number of methoxy groups -OCH3 is 1. The second-order valence-electron chi connectivity index (χ2n) is 5.19. The number of hydrogen-bond acceptors (Lipinski definition) is 6. The highest BCUT2D eigenvalue weighted by molar-refractivity contribution is 5.38. The van der Waals surface area contributed by atoms with Crippen LogP contribution in [0.3, 0.4) is 0 Å². The van der Waals surface area contributed by atoms with E-state index >= 15 is 0 Å². The first-order chi connectivity index (χ1) is 8.51. The van der Waals surface area contributed by atoms with E-state index in [-0.39, 0.29) is 12.0 Å². The first-order valence-corrected chi connectivity index (χ1v) is 6.33. The highest BCUT2D eigenvalue weighted by Gasteiger charge is 2.30. The van der Waals surface area contributed by atoms with E-state index in [4.69, 9.17) is 10.5 Å². The molecule has 0 radical (unpaired) electrons. The molecular weight excluding hydrogens is 230 g/mol. The van der Waals surface area contributed by atoms with E-state index in [2.05, 4.69) is 40.6 Å². The summed E-state index contributed by atoms with van der Waals surface area (Å²) in [6, 6.07) is 0.670. The molecule has 1 aliphatic rings. The Balaban J connectivity index is 2.31. The minimum absolute atomic E-state index is 0.204. The molecule has 2 N–H and O–H groups in total. The summed E-state index contributed by atoms with van der Waals surface area (Å²) in [6.45, 7) is 7.65. The van der Waals surface area contributed by atoms with Gasteiger partial charge in [0.2, 0.25) is 11.9 Å². The van der Waals surface area contributed by atoms with Crippen LogP contribution in [-0.2, 0) is 0 Å². The van der Waals surface area contributed by atoms with E-state index in [0.29, 0.717) is 23.8 Å². The summed E-state index contributed by atoms with van der Waals surface area (Å²) >= 11 is 0. The Bertz CT molecular complexity index is 425. The lowest BCUT2D eigenvalue weighted by Gasteiger charge is -2.41. The highest BCUT2D eigenvalue weighted by Crippen LogP contribution is 2.30. The summed E-state index contributed by atoms with van der Waals surface area (Å²) < 4.78 is 5.05. The lowest BCUT2D eigenvalue weighted by molar-refractivity contribution is 0.292. The quantitative estimate of drug-likeness (QED) is 0.854. The van der Waals surface area contributed by atoms with Gasteiger partial charge in [-0.15, -0.1) is 0 Å². The van der Waals surface area contributed by atoms with Gasteiger partial charge < -0.3 is 15.4 Å². The zero-order valence-corrected chi connectivity index (χ0v) is 11.4. The van der Waals surface area contributed by atoms with Crippen LogP contribution in [0.2, 0.25) is 0 Å². The highest BCUT2D eigenvalue weighted by atomic mass is 16.5. The molecule has 6 heteroatoms. The molecule has 2 rings (SSSR count). The summed E-state index contributed by atoms with van der Waals surface area (Å²) in [6.07, 6.45) is 1.23. The summed E-state index contributed by atoms with van der Waals surface area (Å²) in [5, 5.41) is 0. The number of aromatic nitrogens is 3. The summed E-state index contributed by atoms with van der Waals surface area (Å²) in [5.41, 5.74) is 5.69. The molecular formula is C12H21N5O. The molecule has 1 fully saturated rings. The van der Waals surface area contributed by atoms with Crippen LogP contribution in [0, 0.1) is 11.8 Å². The Morgan fingerprint density at radius 3 is 2.61 bits per heavy atom. The number of rotatable bonds is 2. The third kappa shape index (κ3) is 2.47. The van der Waals surface area contributed by atoms with Gasteiger partial charge in [-0.2, -0.15) is 15.0 Å². The number of anilines is 2. The molecule has 0 bridgehead atoms. The predicted molar refractivity (Wildman–Crippen MR) is 70.5 cm³/mol. The Hall–Kier alpha value is -1.59. The SMILES string of the molecule is COc1nc(N)nc(N2CC(C)CC(C)C2C)n1. The van der Waals surface area contributed by atoms with Gasteiger partial charge in [-0.3, -0.25) is 0 Å². The fraction of sp³-hybridized carbons (Fsp3) is 0.750. The zero-order valence-electron chi connectivity index (χ0n) is 11.4.